The highest BCUT2D eigenvalue weighted by Gasteiger charge is 2.12. The SMILES string of the molecule is O=C(O)CCn1c(SCc2ccc(F)cc2)nc2ccccc2c1=O. The number of benzene rings is 2. The van der Waals surface area contributed by atoms with Crippen molar-refractivity contribution in [3.05, 3.63) is 70.3 Å². The summed E-state index contributed by atoms with van der Waals surface area (Å²) in [5, 5.41) is 9.84. The zero-order valence-corrected chi connectivity index (χ0v) is 14.0. The van der Waals surface area contributed by atoms with Gasteiger partial charge >= 0.3 is 5.97 Å². The van der Waals surface area contributed by atoms with Crippen LogP contribution in [0.15, 0.2) is 58.5 Å². The number of hydrogen-bond acceptors (Lipinski definition) is 4. The summed E-state index contributed by atoms with van der Waals surface area (Å²) in [5.41, 5.74) is 1.20. The number of carboxylic acids is 1. The van der Waals surface area contributed by atoms with Gasteiger partial charge in [-0.15, -0.1) is 0 Å². The molecule has 25 heavy (non-hydrogen) atoms. The highest BCUT2D eigenvalue weighted by molar-refractivity contribution is 7.98. The smallest absolute Gasteiger partial charge is 0.305 e. The summed E-state index contributed by atoms with van der Waals surface area (Å²) in [6.07, 6.45) is -0.163. The number of halogens is 1. The molecule has 1 N–H and O–H groups in total. The molecule has 0 atom stereocenters. The van der Waals surface area contributed by atoms with Crippen LogP contribution in [0.3, 0.4) is 0 Å². The number of para-hydroxylation sites is 1. The molecular weight excluding hydrogens is 343 g/mol. The van der Waals surface area contributed by atoms with Crippen molar-refractivity contribution in [2.45, 2.75) is 23.9 Å². The van der Waals surface area contributed by atoms with Crippen LogP contribution in [0.4, 0.5) is 4.39 Å². The zero-order chi connectivity index (χ0) is 17.8. The topological polar surface area (TPSA) is 72.2 Å². The van der Waals surface area contributed by atoms with E-state index in [-0.39, 0.29) is 24.3 Å². The van der Waals surface area contributed by atoms with Gasteiger partial charge in [-0.1, -0.05) is 36.0 Å². The van der Waals surface area contributed by atoms with Gasteiger partial charge in [-0.2, -0.15) is 0 Å². The van der Waals surface area contributed by atoms with Crippen molar-refractivity contribution in [3.63, 3.8) is 0 Å². The minimum Gasteiger partial charge on any atom is -0.481 e. The van der Waals surface area contributed by atoms with Gasteiger partial charge in [0, 0.05) is 12.3 Å². The lowest BCUT2D eigenvalue weighted by molar-refractivity contribution is -0.137. The monoisotopic (exact) mass is 358 g/mol. The van der Waals surface area contributed by atoms with E-state index < -0.39 is 5.97 Å². The Hall–Kier alpha value is -2.67. The second kappa shape index (κ2) is 7.48. The summed E-state index contributed by atoms with van der Waals surface area (Å²) in [6.45, 7) is 0.0533. The lowest BCUT2D eigenvalue weighted by Gasteiger charge is -2.12. The minimum atomic E-state index is -0.977. The molecule has 0 bridgehead atoms. The van der Waals surface area contributed by atoms with Crippen LogP contribution < -0.4 is 5.56 Å². The van der Waals surface area contributed by atoms with E-state index in [1.807, 2.05) is 0 Å². The first-order valence-corrected chi connectivity index (χ1v) is 8.62. The molecule has 0 radical (unpaired) electrons. The first-order valence-electron chi connectivity index (χ1n) is 7.63. The first kappa shape index (κ1) is 17.2. The molecule has 1 heterocycles. The van der Waals surface area contributed by atoms with Gasteiger partial charge in [0.1, 0.15) is 5.82 Å². The maximum Gasteiger partial charge on any atom is 0.305 e. The summed E-state index contributed by atoms with van der Waals surface area (Å²) in [6, 6.07) is 13.1. The van der Waals surface area contributed by atoms with Crippen molar-refractivity contribution in [3.8, 4) is 0 Å². The van der Waals surface area contributed by atoms with E-state index >= 15 is 0 Å². The van der Waals surface area contributed by atoms with Gasteiger partial charge in [-0.05, 0) is 29.8 Å². The van der Waals surface area contributed by atoms with Crippen LogP contribution in [0.25, 0.3) is 10.9 Å². The molecule has 0 aliphatic heterocycles. The van der Waals surface area contributed by atoms with Crippen LogP contribution in [-0.2, 0) is 17.1 Å². The maximum absolute atomic E-state index is 13.0. The number of carboxylic acid groups (broad SMARTS) is 1. The van der Waals surface area contributed by atoms with Crippen LogP contribution in [0.5, 0.6) is 0 Å². The molecule has 1 aromatic heterocycles. The number of aromatic nitrogens is 2. The fourth-order valence-corrected chi connectivity index (χ4v) is 3.37. The first-order chi connectivity index (χ1) is 12.0. The Morgan fingerprint density at radius 3 is 2.60 bits per heavy atom. The molecule has 7 heteroatoms. The molecule has 5 nitrogen and oxygen atoms in total. The second-order valence-electron chi connectivity index (χ2n) is 5.43. The van der Waals surface area contributed by atoms with Crippen molar-refractivity contribution in [2.24, 2.45) is 0 Å². The molecule has 0 saturated carbocycles. The molecule has 2 aromatic carbocycles. The Morgan fingerprint density at radius 1 is 1.16 bits per heavy atom. The van der Waals surface area contributed by atoms with Crippen molar-refractivity contribution >= 4 is 28.6 Å². The van der Waals surface area contributed by atoms with Gasteiger partial charge in [-0.3, -0.25) is 14.2 Å². The molecule has 0 aliphatic carbocycles. The molecular formula is C18H15FN2O3S. The number of fused-ring (bicyclic) bond motifs is 1. The number of thioether (sulfide) groups is 1. The predicted octanol–water partition coefficient (Wildman–Crippen LogP) is 3.30. The Morgan fingerprint density at radius 2 is 1.88 bits per heavy atom. The van der Waals surface area contributed by atoms with E-state index in [1.165, 1.54) is 28.5 Å². The highest BCUT2D eigenvalue weighted by atomic mass is 32.2. The van der Waals surface area contributed by atoms with Crippen molar-refractivity contribution in [1.29, 1.82) is 0 Å². The van der Waals surface area contributed by atoms with Gasteiger partial charge in [0.05, 0.1) is 17.3 Å². The zero-order valence-electron chi connectivity index (χ0n) is 13.2. The minimum absolute atomic E-state index is 0.0533. The Kier molecular flexibility index (Phi) is 5.14. The Bertz CT molecular complexity index is 970. The normalized spacial score (nSPS) is 10.9. The fraction of sp³-hybridized carbons (Fsp3) is 0.167. The van der Waals surface area contributed by atoms with Crippen LogP contribution >= 0.6 is 11.8 Å². The van der Waals surface area contributed by atoms with E-state index in [4.69, 9.17) is 5.11 Å². The summed E-state index contributed by atoms with van der Waals surface area (Å²) in [7, 11) is 0. The molecule has 0 aliphatic rings. The van der Waals surface area contributed by atoms with Crippen LogP contribution in [0, 0.1) is 5.82 Å². The summed E-state index contributed by atoms with van der Waals surface area (Å²) >= 11 is 1.32. The third kappa shape index (κ3) is 4.06. The fourth-order valence-electron chi connectivity index (χ4n) is 2.39. The van der Waals surface area contributed by atoms with Crippen molar-refractivity contribution in [1.82, 2.24) is 9.55 Å². The van der Waals surface area contributed by atoms with E-state index in [2.05, 4.69) is 4.98 Å². The lowest BCUT2D eigenvalue weighted by atomic mass is 10.2. The molecule has 0 saturated heterocycles. The van der Waals surface area contributed by atoms with Crippen molar-refractivity contribution < 1.29 is 14.3 Å². The lowest BCUT2D eigenvalue weighted by Crippen LogP contribution is -2.24. The van der Waals surface area contributed by atoms with Gasteiger partial charge in [0.15, 0.2) is 5.16 Å². The quantitative estimate of drug-likeness (QED) is 0.541. The van der Waals surface area contributed by atoms with E-state index in [1.54, 1.807) is 36.4 Å². The predicted molar refractivity (Wildman–Crippen MR) is 94.2 cm³/mol. The summed E-state index contributed by atoms with van der Waals surface area (Å²) in [4.78, 5) is 28.1. The third-order valence-corrected chi connectivity index (χ3v) is 4.70. The summed E-state index contributed by atoms with van der Waals surface area (Å²) < 4.78 is 14.4. The standard InChI is InChI=1S/C18H15FN2O3S/c19-13-7-5-12(6-8-13)11-25-18-20-15-4-2-1-3-14(15)17(24)21(18)10-9-16(22)23/h1-8H,9-11H2,(H,22,23). The average molecular weight is 358 g/mol. The third-order valence-electron chi connectivity index (χ3n) is 3.66. The summed E-state index contributed by atoms with van der Waals surface area (Å²) in [5.74, 6) is -0.788. The van der Waals surface area contributed by atoms with Crippen molar-refractivity contribution in [2.75, 3.05) is 0 Å². The van der Waals surface area contributed by atoms with E-state index in [9.17, 15) is 14.0 Å². The van der Waals surface area contributed by atoms with Crippen LogP contribution in [0.1, 0.15) is 12.0 Å². The van der Waals surface area contributed by atoms with E-state index in [0.29, 0.717) is 21.8 Å². The molecule has 0 unspecified atom stereocenters. The molecule has 128 valence electrons. The van der Waals surface area contributed by atoms with Gasteiger partial charge in [0.25, 0.3) is 5.56 Å². The van der Waals surface area contributed by atoms with E-state index in [0.717, 1.165) is 5.56 Å². The van der Waals surface area contributed by atoms with Crippen LogP contribution in [-0.4, -0.2) is 20.6 Å². The largest absolute Gasteiger partial charge is 0.481 e. The van der Waals surface area contributed by atoms with Crippen LogP contribution in [0.2, 0.25) is 0 Å². The van der Waals surface area contributed by atoms with Gasteiger partial charge in [-0.25, -0.2) is 9.37 Å². The molecule has 0 amide bonds. The molecule has 0 fully saturated rings. The maximum atomic E-state index is 13.0. The number of nitrogens with zero attached hydrogens (tertiary/aromatic N) is 2. The molecule has 3 rings (SSSR count). The number of aliphatic carboxylic acids is 1. The Labute approximate surface area is 147 Å². The number of hydrogen-bond donors (Lipinski definition) is 1. The van der Waals surface area contributed by atoms with Gasteiger partial charge in [0.2, 0.25) is 0 Å². The highest BCUT2D eigenvalue weighted by Crippen LogP contribution is 2.22. The molecule has 0 spiro atoms. The Balaban J connectivity index is 1.96. The van der Waals surface area contributed by atoms with Gasteiger partial charge < -0.3 is 5.11 Å². The average Bonchev–Trinajstić information content (AvgIpc) is 2.60. The number of rotatable bonds is 6. The number of carbonyl (C=O) groups is 1. The second-order valence-corrected chi connectivity index (χ2v) is 6.37. The molecule has 3 aromatic rings.